The number of amides is 1. The van der Waals surface area contributed by atoms with Gasteiger partial charge in [0.15, 0.2) is 18.1 Å². The summed E-state index contributed by atoms with van der Waals surface area (Å²) in [7, 11) is 1.60. The van der Waals surface area contributed by atoms with Gasteiger partial charge in [0.1, 0.15) is 12.4 Å². The molecule has 0 saturated heterocycles. The monoisotopic (exact) mass is 448 g/mol. The molecular weight excluding hydrogens is 416 g/mol. The lowest BCUT2D eigenvalue weighted by Gasteiger charge is -2.18. The van der Waals surface area contributed by atoms with Crippen molar-refractivity contribution < 1.29 is 19.0 Å². The number of aromatic nitrogens is 1. The van der Waals surface area contributed by atoms with Crippen molar-refractivity contribution in [3.8, 4) is 17.2 Å². The van der Waals surface area contributed by atoms with Crippen molar-refractivity contribution in [2.75, 3.05) is 13.7 Å². The second-order valence-electron chi connectivity index (χ2n) is 8.31. The van der Waals surface area contributed by atoms with E-state index in [1.807, 2.05) is 49.4 Å². The molecule has 1 heterocycles. The number of methoxy groups -OCH3 is 1. The summed E-state index contributed by atoms with van der Waals surface area (Å²) in [5, 5.41) is 2.97. The number of rotatable bonds is 10. The van der Waals surface area contributed by atoms with E-state index in [9.17, 15) is 4.79 Å². The van der Waals surface area contributed by atoms with Crippen LogP contribution in [0.2, 0.25) is 0 Å². The van der Waals surface area contributed by atoms with E-state index in [1.54, 1.807) is 19.5 Å². The fraction of sp³-hybridized carbons (Fsp3) is 0.333. The lowest BCUT2D eigenvalue weighted by atomic mass is 9.98. The summed E-state index contributed by atoms with van der Waals surface area (Å²) in [5.41, 5.74) is 4.37. The molecule has 174 valence electrons. The fourth-order valence-electron chi connectivity index (χ4n) is 3.61. The van der Waals surface area contributed by atoms with E-state index in [1.165, 1.54) is 5.56 Å². The Bertz CT molecular complexity index is 1070. The van der Waals surface area contributed by atoms with Crippen LogP contribution in [0.15, 0.2) is 60.9 Å². The van der Waals surface area contributed by atoms with Gasteiger partial charge in [-0.05, 0) is 78.4 Å². The molecule has 1 unspecified atom stereocenters. The van der Waals surface area contributed by atoms with E-state index in [4.69, 9.17) is 14.2 Å². The number of nitrogens with one attached hydrogen (secondary N) is 1. The molecule has 0 aliphatic carbocycles. The second-order valence-corrected chi connectivity index (χ2v) is 8.31. The number of benzene rings is 2. The first kappa shape index (κ1) is 24.1. The zero-order valence-electron chi connectivity index (χ0n) is 19.9. The molecule has 1 N–H and O–H groups in total. The van der Waals surface area contributed by atoms with Crippen molar-refractivity contribution in [3.63, 3.8) is 0 Å². The molecule has 0 radical (unpaired) electrons. The molecule has 0 fully saturated rings. The Kier molecular flexibility index (Phi) is 8.30. The van der Waals surface area contributed by atoms with Crippen molar-refractivity contribution in [3.05, 3.63) is 83.2 Å². The van der Waals surface area contributed by atoms with E-state index in [0.717, 1.165) is 16.7 Å². The Balaban J connectivity index is 1.56. The van der Waals surface area contributed by atoms with Crippen LogP contribution in [-0.4, -0.2) is 24.6 Å². The van der Waals surface area contributed by atoms with Crippen molar-refractivity contribution >= 4 is 5.91 Å². The number of carbonyl (C=O) groups excluding carboxylic acids is 1. The maximum atomic E-state index is 12.4. The summed E-state index contributed by atoms with van der Waals surface area (Å²) in [5.74, 6) is 2.20. The van der Waals surface area contributed by atoms with Gasteiger partial charge < -0.3 is 19.5 Å². The number of carbonyl (C=O) groups is 1. The third kappa shape index (κ3) is 6.72. The van der Waals surface area contributed by atoms with Gasteiger partial charge in [-0.1, -0.05) is 26.0 Å². The highest BCUT2D eigenvalue weighted by Crippen LogP contribution is 2.31. The summed E-state index contributed by atoms with van der Waals surface area (Å²) < 4.78 is 17.1. The Morgan fingerprint density at radius 1 is 0.970 bits per heavy atom. The van der Waals surface area contributed by atoms with Gasteiger partial charge in [0.25, 0.3) is 5.91 Å². The number of pyridine rings is 1. The summed E-state index contributed by atoms with van der Waals surface area (Å²) in [6, 6.07) is 15.2. The SMILES string of the molecule is COc1cc(C(C)NC(=O)COc2ccc(C(C)C)c(C)c2)ccc1OCc1ccncc1. The Labute approximate surface area is 195 Å². The van der Waals surface area contributed by atoms with E-state index >= 15 is 0 Å². The van der Waals surface area contributed by atoms with Gasteiger partial charge >= 0.3 is 0 Å². The molecule has 1 atom stereocenters. The smallest absolute Gasteiger partial charge is 0.258 e. The molecule has 0 aliphatic rings. The van der Waals surface area contributed by atoms with Crippen LogP contribution in [0, 0.1) is 6.92 Å². The first-order valence-electron chi connectivity index (χ1n) is 11.1. The lowest BCUT2D eigenvalue weighted by molar-refractivity contribution is -0.123. The molecule has 33 heavy (non-hydrogen) atoms. The molecule has 2 aromatic carbocycles. The zero-order valence-corrected chi connectivity index (χ0v) is 19.9. The maximum absolute atomic E-state index is 12.4. The van der Waals surface area contributed by atoms with Crippen molar-refractivity contribution in [2.24, 2.45) is 0 Å². The quantitative estimate of drug-likeness (QED) is 0.452. The van der Waals surface area contributed by atoms with Gasteiger partial charge in [-0.2, -0.15) is 0 Å². The van der Waals surface area contributed by atoms with Crippen LogP contribution in [0.3, 0.4) is 0 Å². The van der Waals surface area contributed by atoms with Gasteiger partial charge in [-0.3, -0.25) is 9.78 Å². The van der Waals surface area contributed by atoms with Crippen molar-refractivity contribution in [1.82, 2.24) is 10.3 Å². The highest BCUT2D eigenvalue weighted by atomic mass is 16.5. The molecule has 3 aromatic rings. The van der Waals surface area contributed by atoms with Gasteiger partial charge in [0.2, 0.25) is 0 Å². The zero-order chi connectivity index (χ0) is 23.8. The number of aryl methyl sites for hydroxylation is 1. The van der Waals surface area contributed by atoms with Crippen molar-refractivity contribution in [1.29, 1.82) is 0 Å². The molecule has 0 aliphatic heterocycles. The van der Waals surface area contributed by atoms with Crippen LogP contribution >= 0.6 is 0 Å². The topological polar surface area (TPSA) is 69.7 Å². The summed E-state index contributed by atoms with van der Waals surface area (Å²) in [4.78, 5) is 16.5. The largest absolute Gasteiger partial charge is 0.493 e. The van der Waals surface area contributed by atoms with E-state index in [2.05, 4.69) is 37.1 Å². The minimum Gasteiger partial charge on any atom is -0.493 e. The molecule has 6 nitrogen and oxygen atoms in total. The lowest BCUT2D eigenvalue weighted by Crippen LogP contribution is -2.31. The Hall–Kier alpha value is -3.54. The van der Waals surface area contributed by atoms with Crippen LogP contribution in [-0.2, 0) is 11.4 Å². The summed E-state index contributed by atoms with van der Waals surface area (Å²) in [6.07, 6.45) is 3.46. The molecule has 6 heteroatoms. The average Bonchev–Trinajstić information content (AvgIpc) is 2.81. The summed E-state index contributed by atoms with van der Waals surface area (Å²) >= 11 is 0. The Morgan fingerprint density at radius 3 is 2.39 bits per heavy atom. The number of hydrogen-bond donors (Lipinski definition) is 1. The third-order valence-corrected chi connectivity index (χ3v) is 5.44. The second kappa shape index (κ2) is 11.4. The van der Waals surface area contributed by atoms with E-state index < -0.39 is 0 Å². The van der Waals surface area contributed by atoms with Crippen LogP contribution in [0.5, 0.6) is 17.2 Å². The highest BCUT2D eigenvalue weighted by molar-refractivity contribution is 5.78. The fourth-order valence-corrected chi connectivity index (χ4v) is 3.61. The van der Waals surface area contributed by atoms with Gasteiger partial charge in [-0.25, -0.2) is 0 Å². The van der Waals surface area contributed by atoms with Crippen LogP contribution < -0.4 is 19.5 Å². The number of ether oxygens (including phenoxy) is 3. The third-order valence-electron chi connectivity index (χ3n) is 5.44. The molecule has 3 rings (SSSR count). The van der Waals surface area contributed by atoms with Crippen LogP contribution in [0.4, 0.5) is 0 Å². The molecule has 0 bridgehead atoms. The standard InChI is InChI=1S/C27H32N2O4/c1-18(2)24-8-7-23(14-19(24)3)32-17-27(30)29-20(4)22-6-9-25(26(15-22)31-5)33-16-21-10-12-28-13-11-21/h6-15,18,20H,16-17H2,1-5H3,(H,29,30). The van der Waals surface area contributed by atoms with E-state index in [-0.39, 0.29) is 18.6 Å². The molecule has 0 saturated carbocycles. The molecule has 0 spiro atoms. The molecule has 1 amide bonds. The normalized spacial score (nSPS) is 11.7. The average molecular weight is 449 g/mol. The van der Waals surface area contributed by atoms with Gasteiger partial charge in [-0.15, -0.1) is 0 Å². The highest BCUT2D eigenvalue weighted by Gasteiger charge is 2.14. The number of hydrogen-bond acceptors (Lipinski definition) is 5. The Morgan fingerprint density at radius 2 is 1.73 bits per heavy atom. The van der Waals surface area contributed by atoms with Crippen LogP contribution in [0.1, 0.15) is 55.0 Å². The van der Waals surface area contributed by atoms with Gasteiger partial charge in [0, 0.05) is 12.4 Å². The van der Waals surface area contributed by atoms with E-state index in [0.29, 0.717) is 29.8 Å². The molecule has 1 aromatic heterocycles. The summed E-state index contributed by atoms with van der Waals surface area (Å²) in [6.45, 7) is 8.67. The number of nitrogens with zero attached hydrogens (tertiary/aromatic N) is 1. The predicted molar refractivity (Wildman–Crippen MR) is 129 cm³/mol. The minimum absolute atomic E-state index is 0.0466. The minimum atomic E-state index is -0.214. The van der Waals surface area contributed by atoms with Crippen LogP contribution in [0.25, 0.3) is 0 Å². The first-order chi connectivity index (χ1) is 15.9. The van der Waals surface area contributed by atoms with Gasteiger partial charge in [0.05, 0.1) is 13.2 Å². The molecular formula is C27H32N2O4. The van der Waals surface area contributed by atoms with Crippen molar-refractivity contribution in [2.45, 2.75) is 46.3 Å². The predicted octanol–water partition coefficient (Wildman–Crippen LogP) is 5.36. The first-order valence-corrected chi connectivity index (χ1v) is 11.1. The maximum Gasteiger partial charge on any atom is 0.258 e.